The fourth-order valence-electron chi connectivity index (χ4n) is 6.61. The van der Waals surface area contributed by atoms with Gasteiger partial charge in [-0.25, -0.2) is 0 Å². The molecule has 1 heterocycles. The summed E-state index contributed by atoms with van der Waals surface area (Å²) in [5.74, 6) is 2.16. The molecule has 4 nitrogen and oxygen atoms in total. The van der Waals surface area contributed by atoms with Crippen molar-refractivity contribution in [3.05, 3.63) is 11.8 Å². The predicted octanol–water partition coefficient (Wildman–Crippen LogP) is 3.36. The van der Waals surface area contributed by atoms with Crippen LogP contribution in [0.1, 0.15) is 65.2 Å². The van der Waals surface area contributed by atoms with Gasteiger partial charge in [-0.1, -0.05) is 19.9 Å². The summed E-state index contributed by atoms with van der Waals surface area (Å²) >= 11 is 0. The number of Topliss-reactive ketones (excluding diaryl/α,β-unsaturated/α-hetero) is 1. The maximum Gasteiger partial charge on any atom is 0.226 e. The van der Waals surface area contributed by atoms with Gasteiger partial charge in [0.2, 0.25) is 5.91 Å². The maximum absolute atomic E-state index is 12.5. The van der Waals surface area contributed by atoms with Crippen molar-refractivity contribution in [2.75, 3.05) is 0 Å². The molecule has 4 heteroatoms. The van der Waals surface area contributed by atoms with Crippen LogP contribution in [0, 0.1) is 28.6 Å². The van der Waals surface area contributed by atoms with Crippen LogP contribution in [0.15, 0.2) is 11.8 Å². The number of allylic oxidation sites excluding steroid dienone is 1. The third kappa shape index (κ3) is 2.16. The van der Waals surface area contributed by atoms with Gasteiger partial charge in [-0.2, -0.15) is 0 Å². The van der Waals surface area contributed by atoms with Gasteiger partial charge in [0.15, 0.2) is 0 Å². The Bertz CT molecular complexity index is 666. The Labute approximate surface area is 149 Å². The van der Waals surface area contributed by atoms with Crippen molar-refractivity contribution in [2.45, 2.75) is 77.4 Å². The summed E-state index contributed by atoms with van der Waals surface area (Å²) in [6, 6.07) is 0. The number of carbonyl (C=O) groups is 2. The van der Waals surface area contributed by atoms with Gasteiger partial charge in [0, 0.05) is 22.9 Å². The van der Waals surface area contributed by atoms with Crippen molar-refractivity contribution >= 4 is 11.7 Å². The van der Waals surface area contributed by atoms with E-state index in [-0.39, 0.29) is 22.8 Å². The van der Waals surface area contributed by atoms with E-state index in [0.717, 1.165) is 50.6 Å². The summed E-state index contributed by atoms with van der Waals surface area (Å²) < 4.78 is 6.38. The molecule has 1 saturated heterocycles. The van der Waals surface area contributed by atoms with E-state index >= 15 is 0 Å². The van der Waals surface area contributed by atoms with Crippen molar-refractivity contribution in [3.63, 3.8) is 0 Å². The summed E-state index contributed by atoms with van der Waals surface area (Å²) in [5.41, 5.74) is 0.892. The van der Waals surface area contributed by atoms with Crippen molar-refractivity contribution in [2.24, 2.45) is 28.6 Å². The SMILES string of the molecule is C[C@]12CC[C@H]3[C@@H](CC=C4NC(=O)CC(OC5CC5)[C@@]43C)[C@@H]1CCC2=O. The highest BCUT2D eigenvalue weighted by molar-refractivity contribution is 5.87. The molecule has 3 saturated carbocycles. The van der Waals surface area contributed by atoms with Gasteiger partial charge in [0.1, 0.15) is 5.78 Å². The molecule has 25 heavy (non-hydrogen) atoms. The molecule has 4 aliphatic carbocycles. The zero-order valence-corrected chi connectivity index (χ0v) is 15.3. The number of hydrogen-bond donors (Lipinski definition) is 1. The van der Waals surface area contributed by atoms with Crippen LogP contribution >= 0.6 is 0 Å². The lowest BCUT2D eigenvalue weighted by molar-refractivity contribution is -0.147. The first-order valence-electron chi connectivity index (χ1n) is 10.1. The first kappa shape index (κ1) is 16.0. The Morgan fingerprint density at radius 2 is 1.92 bits per heavy atom. The number of piperidine rings is 1. The van der Waals surface area contributed by atoms with E-state index in [9.17, 15) is 9.59 Å². The quantitative estimate of drug-likeness (QED) is 0.836. The molecule has 4 fully saturated rings. The smallest absolute Gasteiger partial charge is 0.226 e. The molecule has 1 N–H and O–H groups in total. The van der Waals surface area contributed by atoms with Gasteiger partial charge in [-0.05, 0) is 56.3 Å². The molecule has 0 aromatic heterocycles. The third-order valence-electron chi connectivity index (χ3n) is 8.29. The fraction of sp³-hybridized carbons (Fsp3) is 0.810. The molecular formula is C21H29NO3. The minimum Gasteiger partial charge on any atom is -0.373 e. The topological polar surface area (TPSA) is 55.4 Å². The number of rotatable bonds is 2. The van der Waals surface area contributed by atoms with Crippen molar-refractivity contribution in [1.82, 2.24) is 5.32 Å². The lowest BCUT2D eigenvalue weighted by Crippen LogP contribution is -2.59. The Hall–Kier alpha value is -1.16. The zero-order valence-electron chi connectivity index (χ0n) is 15.3. The van der Waals surface area contributed by atoms with E-state index in [4.69, 9.17) is 4.74 Å². The van der Waals surface area contributed by atoms with Crippen LogP contribution in [-0.2, 0) is 14.3 Å². The number of nitrogens with one attached hydrogen (secondary N) is 1. The highest BCUT2D eigenvalue weighted by atomic mass is 16.5. The molecule has 0 spiro atoms. The summed E-state index contributed by atoms with van der Waals surface area (Å²) in [6.45, 7) is 4.53. The van der Waals surface area contributed by atoms with Crippen LogP contribution in [-0.4, -0.2) is 23.9 Å². The van der Waals surface area contributed by atoms with Crippen LogP contribution in [0.3, 0.4) is 0 Å². The Kier molecular flexibility index (Phi) is 3.33. The summed E-state index contributed by atoms with van der Waals surface area (Å²) in [5, 5.41) is 3.17. The lowest BCUT2D eigenvalue weighted by atomic mass is 9.49. The minimum absolute atomic E-state index is 0.00531. The molecule has 5 aliphatic rings. The predicted molar refractivity (Wildman–Crippen MR) is 93.5 cm³/mol. The summed E-state index contributed by atoms with van der Waals surface area (Å²) in [6.07, 6.45) is 10.3. The molecular weight excluding hydrogens is 314 g/mol. The maximum atomic E-state index is 12.5. The second-order valence-electron chi connectivity index (χ2n) is 9.51. The van der Waals surface area contributed by atoms with Gasteiger partial charge >= 0.3 is 0 Å². The first-order chi connectivity index (χ1) is 11.9. The second-order valence-corrected chi connectivity index (χ2v) is 9.51. The largest absolute Gasteiger partial charge is 0.373 e. The molecule has 1 amide bonds. The van der Waals surface area contributed by atoms with E-state index in [1.807, 2.05) is 0 Å². The average Bonchev–Trinajstić information content (AvgIpc) is 3.33. The standard InChI is InChI=1S/C21H29NO3/c1-20-10-9-15-13(14(20)6-8-17(20)23)5-7-16-21(15,2)18(11-19(24)22-16)25-12-3-4-12/h7,12-15,18H,3-6,8-11H2,1-2H3,(H,22,24)/t13-,14-,15-,18?,20-,21+/m0/s1. The number of amides is 1. The minimum atomic E-state index is -0.105. The number of fused-ring (bicyclic) bond motifs is 5. The Morgan fingerprint density at radius 3 is 2.68 bits per heavy atom. The Morgan fingerprint density at radius 1 is 1.12 bits per heavy atom. The van der Waals surface area contributed by atoms with E-state index < -0.39 is 0 Å². The number of carbonyl (C=O) groups excluding carboxylic acids is 2. The zero-order chi connectivity index (χ0) is 17.4. The van der Waals surface area contributed by atoms with Crippen molar-refractivity contribution in [1.29, 1.82) is 0 Å². The van der Waals surface area contributed by atoms with Crippen LogP contribution in [0.2, 0.25) is 0 Å². The lowest BCUT2D eigenvalue weighted by Gasteiger charge is -2.58. The highest BCUT2D eigenvalue weighted by Gasteiger charge is 2.61. The van der Waals surface area contributed by atoms with Gasteiger partial charge in [0.25, 0.3) is 0 Å². The summed E-state index contributed by atoms with van der Waals surface area (Å²) in [7, 11) is 0. The van der Waals surface area contributed by atoms with Gasteiger partial charge in [0.05, 0.1) is 18.6 Å². The Balaban J connectivity index is 1.52. The average molecular weight is 343 g/mol. The van der Waals surface area contributed by atoms with E-state index in [1.165, 1.54) is 0 Å². The van der Waals surface area contributed by atoms with Crippen molar-refractivity contribution < 1.29 is 14.3 Å². The number of ether oxygens (including phenoxy) is 1. The van der Waals surface area contributed by atoms with Gasteiger partial charge in [-0.3, -0.25) is 9.59 Å². The molecule has 6 atom stereocenters. The normalized spacial score (nSPS) is 49.0. The molecule has 1 unspecified atom stereocenters. The van der Waals surface area contributed by atoms with Crippen molar-refractivity contribution in [3.8, 4) is 0 Å². The molecule has 0 radical (unpaired) electrons. The van der Waals surface area contributed by atoms with Gasteiger partial charge < -0.3 is 10.1 Å². The molecule has 0 aromatic rings. The first-order valence-corrected chi connectivity index (χ1v) is 10.1. The van der Waals surface area contributed by atoms with E-state index in [2.05, 4.69) is 25.2 Å². The van der Waals surface area contributed by atoms with Crippen LogP contribution in [0.4, 0.5) is 0 Å². The number of hydrogen-bond acceptors (Lipinski definition) is 3. The fourth-order valence-corrected chi connectivity index (χ4v) is 6.61. The summed E-state index contributed by atoms with van der Waals surface area (Å²) in [4.78, 5) is 24.8. The van der Waals surface area contributed by atoms with E-state index in [0.29, 0.717) is 36.1 Å². The molecule has 0 aromatic carbocycles. The van der Waals surface area contributed by atoms with Crippen LogP contribution < -0.4 is 5.32 Å². The van der Waals surface area contributed by atoms with Gasteiger partial charge in [-0.15, -0.1) is 0 Å². The van der Waals surface area contributed by atoms with Crippen LogP contribution in [0.5, 0.6) is 0 Å². The van der Waals surface area contributed by atoms with E-state index in [1.54, 1.807) is 0 Å². The number of ketones is 1. The molecule has 0 bridgehead atoms. The highest BCUT2D eigenvalue weighted by Crippen LogP contribution is 2.63. The molecule has 136 valence electrons. The van der Waals surface area contributed by atoms with Crippen LogP contribution in [0.25, 0.3) is 0 Å². The monoisotopic (exact) mass is 343 g/mol. The molecule has 1 aliphatic heterocycles. The second kappa shape index (κ2) is 5.18. The third-order valence-corrected chi connectivity index (χ3v) is 8.29. The molecule has 5 rings (SSSR count).